The van der Waals surface area contributed by atoms with Gasteiger partial charge in [0.15, 0.2) is 0 Å². The summed E-state index contributed by atoms with van der Waals surface area (Å²) in [7, 11) is 0. The van der Waals surface area contributed by atoms with Crippen LogP contribution in [-0.4, -0.2) is 4.98 Å². The molecule has 0 bridgehead atoms. The maximum atomic E-state index is 6.48. The van der Waals surface area contributed by atoms with Gasteiger partial charge in [-0.25, -0.2) is 4.98 Å². The fourth-order valence-corrected chi connectivity index (χ4v) is 3.49. The van der Waals surface area contributed by atoms with Gasteiger partial charge in [0, 0.05) is 11.6 Å². The second kappa shape index (κ2) is 4.11. The second-order valence-corrected chi connectivity index (χ2v) is 7.03. The van der Waals surface area contributed by atoms with Crippen LogP contribution in [0, 0.1) is 11.3 Å². The molecule has 0 aromatic carbocycles. The minimum atomic E-state index is -0.143. The fourth-order valence-electron chi connectivity index (χ4n) is 2.68. The number of hydrogen-bond donors (Lipinski definition) is 1. The Morgan fingerprint density at radius 3 is 2.44 bits per heavy atom. The van der Waals surface area contributed by atoms with Gasteiger partial charge >= 0.3 is 0 Å². The van der Waals surface area contributed by atoms with E-state index in [1.807, 2.05) is 11.6 Å². The van der Waals surface area contributed by atoms with E-state index in [2.05, 4.69) is 25.8 Å². The van der Waals surface area contributed by atoms with Gasteiger partial charge in [0.1, 0.15) is 5.01 Å². The molecule has 2 rings (SSSR count). The molecule has 90 valence electrons. The summed E-state index contributed by atoms with van der Waals surface area (Å²) < 4.78 is 0. The van der Waals surface area contributed by atoms with Crippen LogP contribution in [0.5, 0.6) is 0 Å². The Morgan fingerprint density at radius 1 is 1.38 bits per heavy atom. The van der Waals surface area contributed by atoms with E-state index in [9.17, 15) is 0 Å². The molecule has 1 fully saturated rings. The number of rotatable bonds is 1. The average Bonchev–Trinajstić information content (AvgIpc) is 2.70. The van der Waals surface area contributed by atoms with Crippen LogP contribution in [-0.2, 0) is 5.54 Å². The third-order valence-corrected chi connectivity index (χ3v) is 4.95. The molecule has 16 heavy (non-hydrogen) atoms. The molecule has 0 radical (unpaired) electrons. The van der Waals surface area contributed by atoms with Crippen LogP contribution in [0.1, 0.15) is 51.5 Å². The predicted octanol–water partition coefficient (Wildman–Crippen LogP) is 3.53. The standard InChI is InChI=1S/C13H22N2S/c1-12(2,3)10-4-6-13(14,7-5-10)11-15-8-9-16-11/h8-10H,4-7,14H2,1-3H3. The molecule has 0 atom stereocenters. The van der Waals surface area contributed by atoms with E-state index in [0.29, 0.717) is 5.41 Å². The highest BCUT2D eigenvalue weighted by Gasteiger charge is 2.38. The van der Waals surface area contributed by atoms with Gasteiger partial charge in [-0.05, 0) is 37.0 Å². The van der Waals surface area contributed by atoms with E-state index in [1.165, 1.54) is 12.8 Å². The first-order chi connectivity index (χ1) is 7.42. The van der Waals surface area contributed by atoms with Crippen molar-refractivity contribution in [1.29, 1.82) is 0 Å². The monoisotopic (exact) mass is 238 g/mol. The highest BCUT2D eigenvalue weighted by molar-refractivity contribution is 7.09. The Labute approximate surface area is 102 Å². The summed E-state index contributed by atoms with van der Waals surface area (Å²) in [6.45, 7) is 7.01. The van der Waals surface area contributed by atoms with Crippen molar-refractivity contribution in [3.8, 4) is 0 Å². The number of aromatic nitrogens is 1. The van der Waals surface area contributed by atoms with Crippen LogP contribution in [0.3, 0.4) is 0 Å². The van der Waals surface area contributed by atoms with E-state index in [0.717, 1.165) is 23.8 Å². The molecule has 1 saturated carbocycles. The van der Waals surface area contributed by atoms with Crippen molar-refractivity contribution in [2.24, 2.45) is 17.1 Å². The number of nitrogens with two attached hydrogens (primary N) is 1. The molecule has 0 unspecified atom stereocenters. The van der Waals surface area contributed by atoms with Gasteiger partial charge in [-0.1, -0.05) is 20.8 Å². The van der Waals surface area contributed by atoms with Crippen molar-refractivity contribution in [1.82, 2.24) is 4.98 Å². The van der Waals surface area contributed by atoms with Gasteiger partial charge in [-0.15, -0.1) is 11.3 Å². The molecule has 0 aliphatic heterocycles. The quantitative estimate of drug-likeness (QED) is 0.813. The van der Waals surface area contributed by atoms with Crippen molar-refractivity contribution in [2.75, 3.05) is 0 Å². The van der Waals surface area contributed by atoms with Crippen LogP contribution in [0.15, 0.2) is 11.6 Å². The van der Waals surface area contributed by atoms with Crippen molar-refractivity contribution >= 4 is 11.3 Å². The van der Waals surface area contributed by atoms with Crippen LogP contribution >= 0.6 is 11.3 Å². The SMILES string of the molecule is CC(C)(C)C1CCC(N)(c2nccs2)CC1. The van der Waals surface area contributed by atoms with Gasteiger partial charge in [0.2, 0.25) is 0 Å². The first-order valence-electron chi connectivity index (χ1n) is 6.11. The second-order valence-electron chi connectivity index (χ2n) is 6.13. The molecule has 1 heterocycles. The Bertz CT molecular complexity index is 329. The summed E-state index contributed by atoms with van der Waals surface area (Å²) >= 11 is 1.70. The summed E-state index contributed by atoms with van der Waals surface area (Å²) in [5, 5.41) is 3.15. The summed E-state index contributed by atoms with van der Waals surface area (Å²) in [5.41, 5.74) is 6.76. The number of hydrogen-bond acceptors (Lipinski definition) is 3. The topological polar surface area (TPSA) is 38.9 Å². The Hall–Kier alpha value is -0.410. The first kappa shape index (κ1) is 12.1. The number of nitrogens with zero attached hydrogens (tertiary/aromatic N) is 1. The van der Waals surface area contributed by atoms with E-state index in [1.54, 1.807) is 11.3 Å². The van der Waals surface area contributed by atoms with Gasteiger partial charge in [-0.3, -0.25) is 0 Å². The van der Waals surface area contributed by atoms with E-state index < -0.39 is 0 Å². The average molecular weight is 238 g/mol. The Kier molecular flexibility index (Phi) is 3.10. The molecule has 1 aromatic heterocycles. The van der Waals surface area contributed by atoms with E-state index in [-0.39, 0.29) is 5.54 Å². The van der Waals surface area contributed by atoms with Crippen molar-refractivity contribution in [3.05, 3.63) is 16.6 Å². The molecule has 0 spiro atoms. The molecule has 1 aliphatic carbocycles. The van der Waals surface area contributed by atoms with Crippen molar-refractivity contribution in [2.45, 2.75) is 52.0 Å². The third kappa shape index (κ3) is 2.30. The normalized spacial score (nSPS) is 31.6. The zero-order valence-corrected chi connectivity index (χ0v) is 11.3. The minimum Gasteiger partial charge on any atom is -0.319 e. The lowest BCUT2D eigenvalue weighted by atomic mass is 9.68. The third-order valence-electron chi connectivity index (χ3n) is 3.96. The fraction of sp³-hybridized carbons (Fsp3) is 0.769. The van der Waals surface area contributed by atoms with E-state index >= 15 is 0 Å². The van der Waals surface area contributed by atoms with Crippen molar-refractivity contribution < 1.29 is 0 Å². The van der Waals surface area contributed by atoms with Gasteiger partial charge in [0.25, 0.3) is 0 Å². The van der Waals surface area contributed by atoms with Crippen LogP contribution < -0.4 is 5.73 Å². The highest BCUT2D eigenvalue weighted by atomic mass is 32.1. The Balaban J connectivity index is 2.05. The molecule has 0 saturated heterocycles. The van der Waals surface area contributed by atoms with Crippen LogP contribution in [0.25, 0.3) is 0 Å². The molecular weight excluding hydrogens is 216 g/mol. The smallest absolute Gasteiger partial charge is 0.112 e. The summed E-state index contributed by atoms with van der Waals surface area (Å²) in [6, 6.07) is 0. The lowest BCUT2D eigenvalue weighted by Crippen LogP contribution is -2.42. The minimum absolute atomic E-state index is 0.143. The van der Waals surface area contributed by atoms with E-state index in [4.69, 9.17) is 5.73 Å². The Morgan fingerprint density at radius 2 is 2.00 bits per heavy atom. The van der Waals surface area contributed by atoms with Crippen molar-refractivity contribution in [3.63, 3.8) is 0 Å². The molecule has 2 nitrogen and oxygen atoms in total. The lowest BCUT2D eigenvalue weighted by molar-refractivity contribution is 0.134. The van der Waals surface area contributed by atoms with Crippen LogP contribution in [0.4, 0.5) is 0 Å². The summed E-state index contributed by atoms with van der Waals surface area (Å²) in [4.78, 5) is 4.39. The molecule has 2 N–H and O–H groups in total. The lowest BCUT2D eigenvalue weighted by Gasteiger charge is -2.41. The number of thiazole rings is 1. The van der Waals surface area contributed by atoms with Crippen LogP contribution in [0.2, 0.25) is 0 Å². The maximum Gasteiger partial charge on any atom is 0.112 e. The first-order valence-corrected chi connectivity index (χ1v) is 6.99. The molecular formula is C13H22N2S. The van der Waals surface area contributed by atoms with Gasteiger partial charge in [-0.2, -0.15) is 0 Å². The van der Waals surface area contributed by atoms with Gasteiger partial charge in [0.05, 0.1) is 5.54 Å². The highest BCUT2D eigenvalue weighted by Crippen LogP contribution is 2.44. The zero-order chi connectivity index (χ0) is 11.8. The molecule has 1 aromatic rings. The molecule has 1 aliphatic rings. The van der Waals surface area contributed by atoms with Gasteiger partial charge < -0.3 is 5.73 Å². The summed E-state index contributed by atoms with van der Waals surface area (Å²) in [6.07, 6.45) is 6.51. The molecule has 3 heteroatoms. The maximum absolute atomic E-state index is 6.48. The predicted molar refractivity (Wildman–Crippen MR) is 69.4 cm³/mol. The molecule has 0 amide bonds. The zero-order valence-electron chi connectivity index (χ0n) is 10.5. The largest absolute Gasteiger partial charge is 0.319 e. The summed E-state index contributed by atoms with van der Waals surface area (Å²) in [5.74, 6) is 0.809.